The van der Waals surface area contributed by atoms with Gasteiger partial charge in [-0.05, 0) is 26.4 Å². The molecule has 1 heterocycles. The average Bonchev–Trinajstić information content (AvgIpc) is 1.96. The first-order chi connectivity index (χ1) is 4.79. The van der Waals surface area contributed by atoms with E-state index in [4.69, 9.17) is 0 Å². The molecule has 1 saturated heterocycles. The van der Waals surface area contributed by atoms with E-state index in [1.807, 2.05) is 0 Å². The summed E-state index contributed by atoms with van der Waals surface area (Å²) < 4.78 is 5.25. The predicted octanol–water partition coefficient (Wildman–Crippen LogP) is 0.379. The van der Waals surface area contributed by atoms with Gasteiger partial charge >= 0.3 is 0 Å². The fourth-order valence-electron chi connectivity index (χ4n) is 1.51. The van der Waals surface area contributed by atoms with Crippen LogP contribution in [0.5, 0.6) is 0 Å². The lowest BCUT2D eigenvalue weighted by Gasteiger charge is -2.49. The Balaban J connectivity index is 2.18. The summed E-state index contributed by atoms with van der Waals surface area (Å²) in [6, 6.07) is 0. The van der Waals surface area contributed by atoms with Gasteiger partial charge in [-0.25, -0.2) is 0 Å². The van der Waals surface area contributed by atoms with E-state index in [1.54, 1.807) is 0 Å². The second-order valence-corrected chi connectivity index (χ2v) is 4.90. The first kappa shape index (κ1) is 8.24. The monoisotopic (exact) mass is 158 g/mol. The highest BCUT2D eigenvalue weighted by molar-refractivity contribution is 6.32. The zero-order valence-electron chi connectivity index (χ0n) is 7.30. The molecule has 3 heteroatoms. The molecule has 1 rings (SSSR count). The normalized spacial score (nSPS) is 30.9. The minimum absolute atomic E-state index is 0.0411. The van der Waals surface area contributed by atoms with Crippen LogP contribution in [-0.4, -0.2) is 38.2 Å². The second-order valence-electron chi connectivity index (χ2n) is 2.99. The third-order valence-electron chi connectivity index (χ3n) is 2.34. The summed E-state index contributed by atoms with van der Waals surface area (Å²) in [5.74, 6) is 0. The molecular weight excluding hydrogens is 140 g/mol. The molecular formula is C7H18N2Si. The van der Waals surface area contributed by atoms with Gasteiger partial charge in [-0.2, -0.15) is 0 Å². The number of hydrogen-bond acceptors (Lipinski definition) is 2. The van der Waals surface area contributed by atoms with Crippen LogP contribution in [0.1, 0.15) is 27.2 Å². The Bertz CT molecular complexity index is 108. The van der Waals surface area contributed by atoms with Crippen molar-refractivity contribution in [3.05, 3.63) is 0 Å². The summed E-state index contributed by atoms with van der Waals surface area (Å²) >= 11 is 0. The summed E-state index contributed by atoms with van der Waals surface area (Å²) in [6.07, 6.45) is 2.08. The van der Waals surface area contributed by atoms with E-state index < -0.39 is 0 Å². The molecule has 0 bridgehead atoms. The summed E-state index contributed by atoms with van der Waals surface area (Å²) in [7, 11) is 0.0411. The first-order valence-electron chi connectivity index (χ1n) is 4.27. The van der Waals surface area contributed by atoms with E-state index >= 15 is 0 Å². The van der Waals surface area contributed by atoms with Gasteiger partial charge in [-0.1, -0.05) is 13.8 Å². The Morgan fingerprint density at radius 1 is 1.30 bits per heavy atom. The number of nitrogens with zero attached hydrogens (tertiary/aromatic N) is 2. The molecule has 0 aromatic carbocycles. The van der Waals surface area contributed by atoms with Crippen LogP contribution >= 0.6 is 0 Å². The van der Waals surface area contributed by atoms with Crippen molar-refractivity contribution >= 4 is 9.84 Å². The molecule has 1 atom stereocenters. The quantitative estimate of drug-likeness (QED) is 0.548. The Labute approximate surface area is 66.2 Å². The van der Waals surface area contributed by atoms with Crippen LogP contribution in [0, 0.1) is 0 Å². The maximum absolute atomic E-state index is 2.64. The summed E-state index contributed by atoms with van der Waals surface area (Å²) in [4.78, 5) is 0. The van der Waals surface area contributed by atoms with Crippen molar-refractivity contribution in [3.63, 3.8) is 0 Å². The molecule has 60 valence electrons. The fraction of sp³-hybridized carbons (Fsp3) is 1.00. The first-order valence-corrected chi connectivity index (χ1v) is 5.54. The zero-order chi connectivity index (χ0) is 7.56. The lowest BCUT2D eigenvalue weighted by Crippen LogP contribution is -2.65. The maximum atomic E-state index is 2.64. The van der Waals surface area contributed by atoms with Gasteiger partial charge < -0.3 is 9.13 Å². The topological polar surface area (TPSA) is 6.48 Å². The lowest BCUT2D eigenvalue weighted by atomic mass is 10.4. The molecule has 10 heavy (non-hydrogen) atoms. The van der Waals surface area contributed by atoms with Crippen molar-refractivity contribution in [2.24, 2.45) is 0 Å². The van der Waals surface area contributed by atoms with Crippen LogP contribution in [0.2, 0.25) is 0 Å². The Hall–Kier alpha value is 0.137. The van der Waals surface area contributed by atoms with E-state index in [9.17, 15) is 0 Å². The molecule has 2 nitrogen and oxygen atoms in total. The van der Waals surface area contributed by atoms with Gasteiger partial charge in [0.25, 0.3) is 0 Å². The van der Waals surface area contributed by atoms with Crippen LogP contribution in [0.3, 0.4) is 0 Å². The van der Waals surface area contributed by atoms with Gasteiger partial charge in [0.1, 0.15) is 0 Å². The van der Waals surface area contributed by atoms with Crippen molar-refractivity contribution in [3.8, 4) is 0 Å². The summed E-state index contributed by atoms with van der Waals surface area (Å²) in [5, 5.41) is 0. The maximum Gasteiger partial charge on any atom is 0.175 e. The van der Waals surface area contributed by atoms with Gasteiger partial charge in [0, 0.05) is 6.17 Å². The third kappa shape index (κ3) is 1.41. The van der Waals surface area contributed by atoms with Gasteiger partial charge in [-0.15, -0.1) is 0 Å². The molecule has 0 N–H and O–H groups in total. The smallest absolute Gasteiger partial charge is 0.175 e. The molecule has 0 aromatic rings. The molecule has 0 aliphatic carbocycles. The number of hydrogen-bond donors (Lipinski definition) is 0. The largest absolute Gasteiger partial charge is 0.302 e. The average molecular weight is 158 g/mol. The third-order valence-corrected chi connectivity index (χ3v) is 4.88. The Morgan fingerprint density at radius 3 is 2.40 bits per heavy atom. The van der Waals surface area contributed by atoms with Crippen molar-refractivity contribution in [2.75, 3.05) is 13.1 Å². The number of rotatable bonds is 3. The molecule has 0 radical (unpaired) electrons. The molecule has 0 aromatic heterocycles. The van der Waals surface area contributed by atoms with Gasteiger partial charge in [0.15, 0.2) is 9.84 Å². The van der Waals surface area contributed by atoms with Gasteiger partial charge in [-0.3, -0.25) is 0 Å². The van der Waals surface area contributed by atoms with Crippen molar-refractivity contribution < 1.29 is 0 Å². The Morgan fingerprint density at radius 2 is 2.00 bits per heavy atom. The van der Waals surface area contributed by atoms with E-state index in [0.717, 1.165) is 6.17 Å². The molecule has 1 unspecified atom stereocenters. The molecule has 0 amide bonds. The Kier molecular flexibility index (Phi) is 2.89. The van der Waals surface area contributed by atoms with Gasteiger partial charge in [0.05, 0.1) is 0 Å². The lowest BCUT2D eigenvalue weighted by molar-refractivity contribution is 0.116. The van der Waals surface area contributed by atoms with E-state index in [2.05, 4.69) is 29.9 Å². The highest BCUT2D eigenvalue weighted by atomic mass is 28.2. The van der Waals surface area contributed by atoms with Crippen LogP contribution in [-0.2, 0) is 0 Å². The summed E-state index contributed by atoms with van der Waals surface area (Å²) in [6.45, 7) is 9.41. The van der Waals surface area contributed by atoms with Crippen LogP contribution in [0.15, 0.2) is 0 Å². The molecule has 0 saturated carbocycles. The SMILES string of the molecule is CCCN1[SiH2]N(CC)C1C. The van der Waals surface area contributed by atoms with Crippen LogP contribution < -0.4 is 0 Å². The molecule has 1 fully saturated rings. The van der Waals surface area contributed by atoms with Crippen LogP contribution in [0.25, 0.3) is 0 Å². The highest BCUT2D eigenvalue weighted by Crippen LogP contribution is 2.14. The van der Waals surface area contributed by atoms with Gasteiger partial charge in [0.2, 0.25) is 0 Å². The zero-order valence-corrected chi connectivity index (χ0v) is 8.71. The fourth-order valence-corrected chi connectivity index (χ4v) is 3.26. The van der Waals surface area contributed by atoms with Crippen molar-refractivity contribution in [2.45, 2.75) is 33.4 Å². The van der Waals surface area contributed by atoms with E-state index in [1.165, 1.54) is 19.5 Å². The highest BCUT2D eigenvalue weighted by Gasteiger charge is 2.30. The minimum atomic E-state index is 0.0411. The molecule has 0 spiro atoms. The molecule has 1 aliphatic heterocycles. The van der Waals surface area contributed by atoms with Crippen molar-refractivity contribution in [1.82, 2.24) is 9.13 Å². The van der Waals surface area contributed by atoms with Crippen molar-refractivity contribution in [1.29, 1.82) is 0 Å². The standard InChI is InChI=1S/C7H18N2Si/c1-4-6-9-7(3)8(5-2)10-9/h7H,4-6,10H2,1-3H3. The van der Waals surface area contributed by atoms with Crippen LogP contribution in [0.4, 0.5) is 0 Å². The van der Waals surface area contributed by atoms with E-state index in [0.29, 0.717) is 0 Å². The summed E-state index contributed by atoms with van der Waals surface area (Å²) in [5.41, 5.74) is 0. The minimum Gasteiger partial charge on any atom is -0.302 e. The van der Waals surface area contributed by atoms with E-state index in [-0.39, 0.29) is 9.84 Å². The second kappa shape index (κ2) is 3.51. The molecule has 1 aliphatic rings. The predicted molar refractivity (Wildman–Crippen MR) is 47.4 cm³/mol.